The van der Waals surface area contributed by atoms with E-state index in [1.54, 1.807) is 26.0 Å². The van der Waals surface area contributed by atoms with E-state index in [1.165, 1.54) is 12.1 Å². The minimum atomic E-state index is -3.55. The number of sulfonamides is 1. The molecule has 0 bridgehead atoms. The Bertz CT molecular complexity index is 809. The molecule has 2 aromatic rings. The van der Waals surface area contributed by atoms with Gasteiger partial charge in [-0.3, -0.25) is 4.79 Å². The lowest BCUT2D eigenvalue weighted by atomic mass is 9.98. The molecule has 0 aromatic heterocycles. The Morgan fingerprint density at radius 3 is 2.12 bits per heavy atom. The van der Waals surface area contributed by atoms with Crippen molar-refractivity contribution in [2.45, 2.75) is 30.7 Å². The number of benzene rings is 2. The van der Waals surface area contributed by atoms with Gasteiger partial charge in [0.15, 0.2) is 0 Å². The summed E-state index contributed by atoms with van der Waals surface area (Å²) in [7, 11) is -3.55. The van der Waals surface area contributed by atoms with Crippen molar-refractivity contribution in [3.63, 3.8) is 0 Å². The first-order valence-corrected chi connectivity index (χ1v) is 9.50. The van der Waals surface area contributed by atoms with E-state index in [4.69, 9.17) is 5.73 Å². The van der Waals surface area contributed by atoms with Crippen molar-refractivity contribution in [3.8, 4) is 0 Å². The summed E-state index contributed by atoms with van der Waals surface area (Å²) in [5, 5.41) is 2.78. The Morgan fingerprint density at radius 1 is 1.04 bits per heavy atom. The van der Waals surface area contributed by atoms with Crippen LogP contribution < -0.4 is 15.8 Å². The normalized spacial score (nSPS) is 12.3. The molecule has 0 aliphatic rings. The summed E-state index contributed by atoms with van der Waals surface area (Å²) in [6.07, 6.45) is 0. The third-order valence-corrected chi connectivity index (χ3v) is 5.25. The van der Waals surface area contributed by atoms with Crippen LogP contribution in [0.25, 0.3) is 0 Å². The summed E-state index contributed by atoms with van der Waals surface area (Å²) in [5.74, 6) is -0.697. The van der Waals surface area contributed by atoms with Gasteiger partial charge in [-0.2, -0.15) is 0 Å². The van der Waals surface area contributed by atoms with E-state index < -0.39 is 15.9 Å². The Balaban J connectivity index is 0.00000338. The Hall–Kier alpha value is -1.93. The number of rotatable bonds is 7. The highest BCUT2D eigenvalue weighted by Gasteiger charge is 2.19. The molecule has 2 rings (SSSR count). The van der Waals surface area contributed by atoms with Crippen LogP contribution in [0.5, 0.6) is 0 Å². The standard InChI is InChI=1S/C18H23N3O3S.ClH/c1-13(2)21-25(23,24)16-10-8-15(9-11-16)20-18(22)17(12-19)14-6-4-3-5-7-14;/h3-11,13,17,21H,12,19H2,1-2H3,(H,20,22);1H. The second-order valence-electron chi connectivity index (χ2n) is 5.99. The SMILES string of the molecule is CC(C)NS(=O)(=O)c1ccc(NC(=O)C(CN)c2ccccc2)cc1.Cl. The van der Waals surface area contributed by atoms with Crippen LogP contribution in [-0.4, -0.2) is 26.9 Å². The van der Waals surface area contributed by atoms with E-state index in [9.17, 15) is 13.2 Å². The molecule has 6 nitrogen and oxygen atoms in total. The van der Waals surface area contributed by atoms with Crippen molar-refractivity contribution in [3.05, 3.63) is 60.2 Å². The van der Waals surface area contributed by atoms with Crippen molar-refractivity contribution in [1.82, 2.24) is 4.72 Å². The first kappa shape index (κ1) is 22.1. The summed E-state index contributed by atoms with van der Waals surface area (Å²) in [6, 6.07) is 15.1. The van der Waals surface area contributed by atoms with Crippen LogP contribution in [0.4, 0.5) is 5.69 Å². The van der Waals surface area contributed by atoms with Gasteiger partial charge in [0, 0.05) is 18.3 Å². The van der Waals surface area contributed by atoms with Gasteiger partial charge in [-0.1, -0.05) is 30.3 Å². The molecule has 0 aliphatic heterocycles. The zero-order valence-corrected chi connectivity index (χ0v) is 16.3. The molecule has 0 saturated carbocycles. The predicted molar refractivity (Wildman–Crippen MR) is 106 cm³/mol. The molecule has 8 heteroatoms. The molecule has 0 radical (unpaired) electrons. The highest BCUT2D eigenvalue weighted by Crippen LogP contribution is 2.19. The van der Waals surface area contributed by atoms with Crippen LogP contribution >= 0.6 is 12.4 Å². The number of halogens is 1. The Kier molecular flexibility index (Phi) is 8.23. The van der Waals surface area contributed by atoms with Gasteiger partial charge in [0.2, 0.25) is 15.9 Å². The first-order chi connectivity index (χ1) is 11.8. The number of anilines is 1. The van der Waals surface area contributed by atoms with E-state index in [2.05, 4.69) is 10.0 Å². The fourth-order valence-corrected chi connectivity index (χ4v) is 3.66. The van der Waals surface area contributed by atoms with Gasteiger partial charge in [0.05, 0.1) is 10.8 Å². The number of hydrogen-bond donors (Lipinski definition) is 3. The smallest absolute Gasteiger partial charge is 0.240 e. The topological polar surface area (TPSA) is 101 Å². The maximum atomic E-state index is 12.4. The average Bonchev–Trinajstić information content (AvgIpc) is 2.56. The van der Waals surface area contributed by atoms with Gasteiger partial charge in [0.1, 0.15) is 0 Å². The highest BCUT2D eigenvalue weighted by molar-refractivity contribution is 7.89. The van der Waals surface area contributed by atoms with Gasteiger partial charge in [-0.05, 0) is 43.7 Å². The number of hydrogen-bond acceptors (Lipinski definition) is 4. The lowest BCUT2D eigenvalue weighted by Gasteiger charge is -2.15. The van der Waals surface area contributed by atoms with Crippen molar-refractivity contribution in [2.24, 2.45) is 5.73 Å². The molecule has 142 valence electrons. The van der Waals surface area contributed by atoms with E-state index in [0.717, 1.165) is 5.56 Å². The maximum Gasteiger partial charge on any atom is 0.240 e. The van der Waals surface area contributed by atoms with Crippen molar-refractivity contribution in [1.29, 1.82) is 0 Å². The molecule has 26 heavy (non-hydrogen) atoms. The number of amides is 1. The molecule has 4 N–H and O–H groups in total. The third kappa shape index (κ3) is 5.81. The Labute approximate surface area is 160 Å². The minimum Gasteiger partial charge on any atom is -0.329 e. The first-order valence-electron chi connectivity index (χ1n) is 8.01. The van der Waals surface area contributed by atoms with Gasteiger partial charge in [-0.25, -0.2) is 13.1 Å². The molecular formula is C18H24ClN3O3S. The number of carbonyl (C=O) groups is 1. The summed E-state index contributed by atoms with van der Waals surface area (Å²) >= 11 is 0. The van der Waals surface area contributed by atoms with Crippen LogP contribution in [0.15, 0.2) is 59.5 Å². The van der Waals surface area contributed by atoms with Crippen LogP contribution in [0.3, 0.4) is 0 Å². The third-order valence-electron chi connectivity index (χ3n) is 3.58. The maximum absolute atomic E-state index is 12.4. The fraction of sp³-hybridized carbons (Fsp3) is 0.278. The molecule has 0 fully saturated rings. The largest absolute Gasteiger partial charge is 0.329 e. The van der Waals surface area contributed by atoms with E-state index >= 15 is 0 Å². The summed E-state index contributed by atoms with van der Waals surface area (Å²) in [4.78, 5) is 12.6. The quantitative estimate of drug-likeness (QED) is 0.667. The highest BCUT2D eigenvalue weighted by atomic mass is 35.5. The van der Waals surface area contributed by atoms with Crippen LogP contribution in [0.2, 0.25) is 0 Å². The van der Waals surface area contributed by atoms with Crippen LogP contribution in [-0.2, 0) is 14.8 Å². The lowest BCUT2D eigenvalue weighted by Crippen LogP contribution is -2.30. The van der Waals surface area contributed by atoms with Crippen molar-refractivity contribution in [2.75, 3.05) is 11.9 Å². The summed E-state index contributed by atoms with van der Waals surface area (Å²) in [5.41, 5.74) is 7.09. The Morgan fingerprint density at radius 2 is 1.62 bits per heavy atom. The molecular weight excluding hydrogens is 374 g/mol. The van der Waals surface area contributed by atoms with Gasteiger partial charge >= 0.3 is 0 Å². The second kappa shape index (κ2) is 9.68. The zero-order chi connectivity index (χ0) is 18.4. The fourth-order valence-electron chi connectivity index (χ4n) is 2.40. The van der Waals surface area contributed by atoms with Crippen molar-refractivity contribution >= 4 is 34.0 Å². The summed E-state index contributed by atoms with van der Waals surface area (Å²) in [6.45, 7) is 3.69. The molecule has 0 saturated heterocycles. The van der Waals surface area contributed by atoms with Crippen LogP contribution in [0, 0.1) is 0 Å². The van der Waals surface area contributed by atoms with Crippen molar-refractivity contribution < 1.29 is 13.2 Å². The molecule has 0 aliphatic carbocycles. The second-order valence-corrected chi connectivity index (χ2v) is 7.70. The van der Waals surface area contributed by atoms with Gasteiger partial charge in [-0.15, -0.1) is 12.4 Å². The monoisotopic (exact) mass is 397 g/mol. The van der Waals surface area contributed by atoms with Gasteiger partial charge < -0.3 is 11.1 Å². The van der Waals surface area contributed by atoms with E-state index in [1.807, 2.05) is 30.3 Å². The molecule has 0 spiro atoms. The predicted octanol–water partition coefficient (Wildman–Crippen LogP) is 2.48. The van der Waals surface area contributed by atoms with E-state index in [0.29, 0.717) is 5.69 Å². The van der Waals surface area contributed by atoms with E-state index in [-0.39, 0.29) is 35.8 Å². The molecule has 2 aromatic carbocycles. The number of nitrogens with two attached hydrogens (primary N) is 1. The molecule has 1 amide bonds. The average molecular weight is 398 g/mol. The lowest BCUT2D eigenvalue weighted by molar-refractivity contribution is -0.117. The van der Waals surface area contributed by atoms with Crippen LogP contribution in [0.1, 0.15) is 25.3 Å². The molecule has 1 unspecified atom stereocenters. The number of nitrogens with one attached hydrogen (secondary N) is 2. The molecule has 0 heterocycles. The number of carbonyl (C=O) groups excluding carboxylic acids is 1. The van der Waals surface area contributed by atoms with Gasteiger partial charge in [0.25, 0.3) is 0 Å². The summed E-state index contributed by atoms with van der Waals surface area (Å²) < 4.78 is 26.7. The zero-order valence-electron chi connectivity index (χ0n) is 14.7. The molecule has 1 atom stereocenters. The minimum absolute atomic E-state index is 0.